The molecule has 0 spiro atoms. The molecule has 1 aromatic heterocycles. The SMILES string of the molecule is NS(=O)(=O)c1ccc(C2=C(c3ccc(C(F)(F)F)cc3)CCC2)cn1. The average Bonchev–Trinajstić information content (AvgIpc) is 3.03. The van der Waals surface area contributed by atoms with Gasteiger partial charge in [-0.15, -0.1) is 0 Å². The molecule has 0 amide bonds. The lowest BCUT2D eigenvalue weighted by molar-refractivity contribution is -0.137. The Morgan fingerprint density at radius 3 is 1.96 bits per heavy atom. The summed E-state index contributed by atoms with van der Waals surface area (Å²) in [6.07, 6.45) is -0.545. The standard InChI is InChI=1S/C17H15F3N2O2S/c18-17(19,20)13-7-4-11(5-8-13)14-2-1-3-15(14)12-6-9-16(22-10-12)25(21,23)24/h4-10H,1-3H2,(H2,21,23,24). The van der Waals surface area contributed by atoms with E-state index in [0.717, 1.165) is 53.7 Å². The van der Waals surface area contributed by atoms with Crippen LogP contribution in [0.1, 0.15) is 36.0 Å². The molecule has 1 aliphatic rings. The van der Waals surface area contributed by atoms with Gasteiger partial charge in [0, 0.05) is 6.20 Å². The molecule has 0 unspecified atom stereocenters. The molecule has 0 radical (unpaired) electrons. The molecule has 0 aliphatic heterocycles. The molecule has 8 heteroatoms. The lowest BCUT2D eigenvalue weighted by Crippen LogP contribution is -2.13. The summed E-state index contributed by atoms with van der Waals surface area (Å²) in [5.74, 6) is 0. The maximum atomic E-state index is 12.7. The van der Waals surface area contributed by atoms with Crippen LogP contribution in [0, 0.1) is 0 Å². The fourth-order valence-electron chi connectivity index (χ4n) is 2.97. The Kier molecular flexibility index (Phi) is 4.42. The van der Waals surface area contributed by atoms with Crippen molar-refractivity contribution in [1.82, 2.24) is 4.98 Å². The minimum Gasteiger partial charge on any atom is -0.243 e. The Hall–Kier alpha value is -2.19. The molecular formula is C17H15F3N2O2S. The van der Waals surface area contributed by atoms with Crippen LogP contribution in [-0.2, 0) is 16.2 Å². The van der Waals surface area contributed by atoms with E-state index >= 15 is 0 Å². The van der Waals surface area contributed by atoms with Crippen molar-refractivity contribution in [3.8, 4) is 0 Å². The number of sulfonamides is 1. The second-order valence-corrected chi connectivity index (χ2v) is 7.32. The van der Waals surface area contributed by atoms with E-state index in [9.17, 15) is 21.6 Å². The van der Waals surface area contributed by atoms with Gasteiger partial charge in [0.25, 0.3) is 10.0 Å². The maximum Gasteiger partial charge on any atom is 0.416 e. The highest BCUT2D eigenvalue weighted by Gasteiger charge is 2.30. The number of allylic oxidation sites excluding steroid dienone is 2. The molecule has 0 bridgehead atoms. The van der Waals surface area contributed by atoms with Crippen molar-refractivity contribution < 1.29 is 21.6 Å². The van der Waals surface area contributed by atoms with Crippen molar-refractivity contribution in [2.75, 3.05) is 0 Å². The van der Waals surface area contributed by atoms with Gasteiger partial charge in [-0.25, -0.2) is 18.5 Å². The molecule has 4 nitrogen and oxygen atoms in total. The molecule has 0 saturated carbocycles. The van der Waals surface area contributed by atoms with Gasteiger partial charge in [-0.05, 0) is 59.7 Å². The van der Waals surface area contributed by atoms with Crippen molar-refractivity contribution >= 4 is 21.2 Å². The van der Waals surface area contributed by atoms with Gasteiger partial charge in [-0.2, -0.15) is 13.2 Å². The first-order valence-electron chi connectivity index (χ1n) is 7.55. The van der Waals surface area contributed by atoms with Crippen molar-refractivity contribution in [3.63, 3.8) is 0 Å². The van der Waals surface area contributed by atoms with Crippen molar-refractivity contribution in [1.29, 1.82) is 0 Å². The summed E-state index contributed by atoms with van der Waals surface area (Å²) >= 11 is 0. The fraction of sp³-hybridized carbons (Fsp3) is 0.235. The van der Waals surface area contributed by atoms with Crippen LogP contribution in [0.3, 0.4) is 0 Å². The first-order valence-corrected chi connectivity index (χ1v) is 9.10. The number of primary sulfonamides is 1. The zero-order valence-corrected chi connectivity index (χ0v) is 13.9. The zero-order valence-electron chi connectivity index (χ0n) is 13.0. The highest BCUT2D eigenvalue weighted by atomic mass is 32.2. The monoisotopic (exact) mass is 368 g/mol. The fourth-order valence-corrected chi connectivity index (χ4v) is 3.43. The lowest BCUT2D eigenvalue weighted by atomic mass is 9.97. The Balaban J connectivity index is 1.97. The number of halogens is 3. The second kappa shape index (κ2) is 6.27. The molecule has 2 N–H and O–H groups in total. The third kappa shape index (κ3) is 3.74. The van der Waals surface area contributed by atoms with E-state index < -0.39 is 21.8 Å². The van der Waals surface area contributed by atoms with Gasteiger partial charge >= 0.3 is 6.18 Å². The van der Waals surface area contributed by atoms with Gasteiger partial charge in [0.1, 0.15) is 0 Å². The molecule has 1 aromatic carbocycles. The summed E-state index contributed by atoms with van der Waals surface area (Å²) in [5, 5.41) is 4.82. The van der Waals surface area contributed by atoms with Crippen LogP contribution < -0.4 is 5.14 Å². The predicted octanol–water partition coefficient (Wildman–Crippen LogP) is 3.84. The van der Waals surface area contributed by atoms with Gasteiger partial charge in [0.05, 0.1) is 5.56 Å². The van der Waals surface area contributed by atoms with E-state index in [1.54, 1.807) is 6.07 Å². The number of aromatic nitrogens is 1. The normalized spacial score (nSPS) is 15.7. The Morgan fingerprint density at radius 1 is 0.920 bits per heavy atom. The second-order valence-electron chi connectivity index (χ2n) is 5.82. The number of nitrogens with two attached hydrogens (primary N) is 1. The first-order chi connectivity index (χ1) is 11.7. The average molecular weight is 368 g/mol. The van der Waals surface area contributed by atoms with Crippen LogP contribution in [-0.4, -0.2) is 13.4 Å². The van der Waals surface area contributed by atoms with E-state index in [1.807, 2.05) is 0 Å². The topological polar surface area (TPSA) is 73.1 Å². The Bertz CT molecular complexity index is 916. The van der Waals surface area contributed by atoms with Crippen molar-refractivity contribution in [3.05, 3.63) is 59.3 Å². The highest BCUT2D eigenvalue weighted by molar-refractivity contribution is 7.89. The summed E-state index contributed by atoms with van der Waals surface area (Å²) in [5.41, 5.74) is 2.72. The molecular weight excluding hydrogens is 353 g/mol. The molecule has 0 saturated heterocycles. The van der Waals surface area contributed by atoms with Gasteiger partial charge in [0.2, 0.25) is 0 Å². The summed E-state index contributed by atoms with van der Waals surface area (Å²) in [7, 11) is -3.86. The summed E-state index contributed by atoms with van der Waals surface area (Å²) in [4.78, 5) is 3.87. The van der Waals surface area contributed by atoms with Gasteiger partial charge < -0.3 is 0 Å². The number of rotatable bonds is 3. The number of hydrogen-bond donors (Lipinski definition) is 1. The smallest absolute Gasteiger partial charge is 0.243 e. The number of benzene rings is 1. The van der Waals surface area contributed by atoms with Crippen LogP contribution in [0.2, 0.25) is 0 Å². The zero-order chi connectivity index (χ0) is 18.2. The number of nitrogens with zero attached hydrogens (tertiary/aromatic N) is 1. The molecule has 132 valence electrons. The maximum absolute atomic E-state index is 12.7. The van der Waals surface area contributed by atoms with Crippen LogP contribution in [0.4, 0.5) is 13.2 Å². The summed E-state index contributed by atoms with van der Waals surface area (Å²) in [6.45, 7) is 0. The highest BCUT2D eigenvalue weighted by Crippen LogP contribution is 2.40. The van der Waals surface area contributed by atoms with Crippen LogP contribution >= 0.6 is 0 Å². The molecule has 3 rings (SSSR count). The molecule has 1 aliphatic carbocycles. The van der Waals surface area contributed by atoms with E-state index in [4.69, 9.17) is 5.14 Å². The predicted molar refractivity (Wildman–Crippen MR) is 87.7 cm³/mol. The first kappa shape index (κ1) is 17.6. The molecule has 1 heterocycles. The lowest BCUT2D eigenvalue weighted by Gasteiger charge is -2.11. The molecule has 2 aromatic rings. The van der Waals surface area contributed by atoms with Crippen LogP contribution in [0.25, 0.3) is 11.1 Å². The summed E-state index contributed by atoms with van der Waals surface area (Å²) in [6, 6.07) is 8.03. The number of hydrogen-bond acceptors (Lipinski definition) is 3. The van der Waals surface area contributed by atoms with Crippen molar-refractivity contribution in [2.24, 2.45) is 5.14 Å². The largest absolute Gasteiger partial charge is 0.416 e. The van der Waals surface area contributed by atoms with E-state index in [0.29, 0.717) is 0 Å². The summed E-state index contributed by atoms with van der Waals surface area (Å²) < 4.78 is 60.6. The number of pyridine rings is 1. The van der Waals surface area contributed by atoms with Gasteiger partial charge in [-0.3, -0.25) is 0 Å². The van der Waals surface area contributed by atoms with Crippen molar-refractivity contribution in [2.45, 2.75) is 30.5 Å². The molecule has 25 heavy (non-hydrogen) atoms. The quantitative estimate of drug-likeness (QED) is 0.895. The van der Waals surface area contributed by atoms with E-state index in [-0.39, 0.29) is 5.03 Å². The van der Waals surface area contributed by atoms with Gasteiger partial charge in [-0.1, -0.05) is 18.2 Å². The third-order valence-corrected chi connectivity index (χ3v) is 4.98. The number of alkyl halides is 3. The minimum atomic E-state index is -4.36. The van der Waals surface area contributed by atoms with Gasteiger partial charge in [0.15, 0.2) is 5.03 Å². The molecule has 0 atom stereocenters. The van der Waals surface area contributed by atoms with Crippen LogP contribution in [0.15, 0.2) is 47.6 Å². The Labute approximate surface area is 143 Å². The molecule has 0 fully saturated rings. The van der Waals surface area contributed by atoms with E-state index in [2.05, 4.69) is 4.98 Å². The Morgan fingerprint density at radius 2 is 1.48 bits per heavy atom. The minimum absolute atomic E-state index is 0.217. The van der Waals surface area contributed by atoms with Crippen LogP contribution in [0.5, 0.6) is 0 Å². The third-order valence-electron chi connectivity index (χ3n) is 4.15. The van der Waals surface area contributed by atoms with E-state index in [1.165, 1.54) is 24.4 Å².